The first-order chi connectivity index (χ1) is 14.2. The number of carbonyl (C=O) groups excluding carboxylic acids is 1. The van der Waals surface area contributed by atoms with Crippen molar-refractivity contribution in [1.29, 1.82) is 0 Å². The Morgan fingerprint density at radius 1 is 1.07 bits per heavy atom. The highest BCUT2D eigenvalue weighted by molar-refractivity contribution is 6.04. The van der Waals surface area contributed by atoms with Crippen molar-refractivity contribution in [2.75, 3.05) is 30.5 Å². The van der Waals surface area contributed by atoms with Crippen LogP contribution in [0.3, 0.4) is 0 Å². The summed E-state index contributed by atoms with van der Waals surface area (Å²) in [6.07, 6.45) is 1.53. The van der Waals surface area contributed by atoms with Crippen LogP contribution in [0.25, 0.3) is 0 Å². The molecule has 0 fully saturated rings. The van der Waals surface area contributed by atoms with Gasteiger partial charge in [-0.25, -0.2) is 4.98 Å². The number of carbonyl (C=O) groups is 1. The van der Waals surface area contributed by atoms with E-state index >= 15 is 0 Å². The van der Waals surface area contributed by atoms with Gasteiger partial charge in [0, 0.05) is 18.0 Å². The Labute approximate surface area is 168 Å². The zero-order valence-corrected chi connectivity index (χ0v) is 16.0. The quantitative estimate of drug-likeness (QED) is 0.654. The summed E-state index contributed by atoms with van der Waals surface area (Å²) in [5, 5.41) is 6.06. The molecule has 29 heavy (non-hydrogen) atoms. The van der Waals surface area contributed by atoms with Crippen LogP contribution in [-0.4, -0.2) is 30.7 Å². The molecule has 0 saturated carbocycles. The van der Waals surface area contributed by atoms with E-state index < -0.39 is 0 Å². The summed E-state index contributed by atoms with van der Waals surface area (Å²) in [5.41, 5.74) is 1.89. The minimum atomic E-state index is -0.254. The lowest BCUT2D eigenvalue weighted by Gasteiger charge is -2.19. The molecule has 1 aliphatic heterocycles. The number of nitrogens with zero attached hydrogens (tertiary/aromatic N) is 1. The number of pyridine rings is 1. The number of hydrogen-bond acceptors (Lipinski definition) is 6. The Morgan fingerprint density at radius 3 is 2.69 bits per heavy atom. The van der Waals surface area contributed by atoms with E-state index in [1.54, 1.807) is 18.2 Å². The van der Waals surface area contributed by atoms with E-state index in [0.717, 1.165) is 11.4 Å². The lowest BCUT2D eigenvalue weighted by Crippen LogP contribution is -2.15. The van der Waals surface area contributed by atoms with E-state index in [1.807, 2.05) is 43.3 Å². The smallest absolute Gasteiger partial charge is 0.257 e. The highest BCUT2D eigenvalue weighted by Gasteiger charge is 2.13. The number of fused-ring (bicyclic) bond motifs is 1. The number of ether oxygens (including phenoxy) is 3. The molecule has 4 rings (SSSR count). The fourth-order valence-electron chi connectivity index (χ4n) is 2.92. The molecule has 0 aliphatic carbocycles. The number of rotatable bonds is 6. The third-order valence-electron chi connectivity index (χ3n) is 4.28. The van der Waals surface area contributed by atoms with Gasteiger partial charge in [-0.1, -0.05) is 12.1 Å². The molecule has 7 nitrogen and oxygen atoms in total. The molecular formula is C22H21N3O4. The topological polar surface area (TPSA) is 81.7 Å². The van der Waals surface area contributed by atoms with Crippen molar-refractivity contribution in [3.63, 3.8) is 0 Å². The number of nitrogens with one attached hydrogen (secondary N) is 2. The average molecular weight is 391 g/mol. The third-order valence-corrected chi connectivity index (χ3v) is 4.28. The van der Waals surface area contributed by atoms with Gasteiger partial charge in [0.25, 0.3) is 5.91 Å². The minimum Gasteiger partial charge on any atom is -0.492 e. The first-order valence-electron chi connectivity index (χ1n) is 9.39. The second kappa shape index (κ2) is 8.52. The van der Waals surface area contributed by atoms with Gasteiger partial charge < -0.3 is 24.8 Å². The van der Waals surface area contributed by atoms with Crippen LogP contribution < -0.4 is 24.8 Å². The molecule has 1 aliphatic rings. The van der Waals surface area contributed by atoms with Gasteiger partial charge in [0.15, 0.2) is 11.5 Å². The molecular weight excluding hydrogens is 370 g/mol. The first-order valence-corrected chi connectivity index (χ1v) is 9.39. The molecule has 3 aromatic rings. The van der Waals surface area contributed by atoms with Crippen LogP contribution >= 0.6 is 0 Å². The number of benzene rings is 2. The maximum absolute atomic E-state index is 12.5. The molecule has 1 aromatic heterocycles. The van der Waals surface area contributed by atoms with Gasteiger partial charge in [0.05, 0.1) is 17.9 Å². The summed E-state index contributed by atoms with van der Waals surface area (Å²) >= 11 is 0. The van der Waals surface area contributed by atoms with Crippen molar-refractivity contribution in [2.24, 2.45) is 0 Å². The van der Waals surface area contributed by atoms with Crippen LogP contribution in [-0.2, 0) is 0 Å². The first kappa shape index (κ1) is 18.6. The van der Waals surface area contributed by atoms with Crippen molar-refractivity contribution >= 4 is 23.1 Å². The molecule has 0 atom stereocenters. The van der Waals surface area contributed by atoms with Crippen molar-refractivity contribution in [1.82, 2.24) is 4.98 Å². The second-order valence-electron chi connectivity index (χ2n) is 6.30. The van der Waals surface area contributed by atoms with E-state index in [0.29, 0.717) is 48.4 Å². The molecule has 0 saturated heterocycles. The minimum absolute atomic E-state index is 0.254. The standard InChI is InChI=1S/C22H21N3O4/c1-2-27-18-6-4-3-5-17(18)25-22(26)15-7-10-21(23-14-15)24-16-8-9-19-20(13-16)29-12-11-28-19/h3-10,13-14H,2,11-12H2,1H3,(H,23,24)(H,25,26). The zero-order chi connectivity index (χ0) is 20.1. The predicted molar refractivity (Wildman–Crippen MR) is 111 cm³/mol. The van der Waals surface area contributed by atoms with Crippen LogP contribution in [0, 0.1) is 0 Å². The lowest BCUT2D eigenvalue weighted by molar-refractivity contribution is 0.102. The van der Waals surface area contributed by atoms with Gasteiger partial charge >= 0.3 is 0 Å². The molecule has 2 heterocycles. The van der Waals surface area contributed by atoms with Crippen LogP contribution in [0.2, 0.25) is 0 Å². The zero-order valence-electron chi connectivity index (χ0n) is 16.0. The monoisotopic (exact) mass is 391 g/mol. The fourth-order valence-corrected chi connectivity index (χ4v) is 2.92. The molecule has 7 heteroatoms. The maximum atomic E-state index is 12.5. The SMILES string of the molecule is CCOc1ccccc1NC(=O)c1ccc(Nc2ccc3c(c2)OCCO3)nc1. The molecule has 2 N–H and O–H groups in total. The largest absolute Gasteiger partial charge is 0.492 e. The second-order valence-corrected chi connectivity index (χ2v) is 6.30. The molecule has 0 spiro atoms. The van der Waals surface area contributed by atoms with Crippen LogP contribution in [0.4, 0.5) is 17.2 Å². The van der Waals surface area contributed by atoms with Gasteiger partial charge in [-0.3, -0.25) is 4.79 Å². The normalized spacial score (nSPS) is 12.2. The van der Waals surface area contributed by atoms with Crippen molar-refractivity contribution in [3.8, 4) is 17.2 Å². The Morgan fingerprint density at radius 2 is 1.90 bits per heavy atom. The van der Waals surface area contributed by atoms with E-state index in [9.17, 15) is 4.79 Å². The third kappa shape index (κ3) is 4.40. The Hall–Kier alpha value is -3.74. The van der Waals surface area contributed by atoms with E-state index in [4.69, 9.17) is 14.2 Å². The highest BCUT2D eigenvalue weighted by Crippen LogP contribution is 2.33. The highest BCUT2D eigenvalue weighted by atomic mass is 16.6. The van der Waals surface area contributed by atoms with Crippen molar-refractivity contribution in [2.45, 2.75) is 6.92 Å². The van der Waals surface area contributed by atoms with Gasteiger partial charge in [0.2, 0.25) is 0 Å². The molecule has 148 valence electrons. The molecule has 2 aromatic carbocycles. The summed E-state index contributed by atoms with van der Waals surface area (Å²) in [6.45, 7) is 3.51. The van der Waals surface area contributed by atoms with Crippen LogP contribution in [0.15, 0.2) is 60.8 Å². The van der Waals surface area contributed by atoms with Crippen LogP contribution in [0.1, 0.15) is 17.3 Å². The summed E-state index contributed by atoms with van der Waals surface area (Å²) in [5.74, 6) is 2.43. The van der Waals surface area contributed by atoms with Gasteiger partial charge in [-0.15, -0.1) is 0 Å². The fraction of sp³-hybridized carbons (Fsp3) is 0.182. The van der Waals surface area contributed by atoms with E-state index in [2.05, 4.69) is 15.6 Å². The van der Waals surface area contributed by atoms with Gasteiger partial charge in [0.1, 0.15) is 24.8 Å². The van der Waals surface area contributed by atoms with Crippen molar-refractivity contribution in [3.05, 3.63) is 66.4 Å². The molecule has 0 bridgehead atoms. The van der Waals surface area contributed by atoms with E-state index in [1.165, 1.54) is 6.20 Å². The van der Waals surface area contributed by atoms with Gasteiger partial charge in [-0.2, -0.15) is 0 Å². The Balaban J connectivity index is 1.43. The van der Waals surface area contributed by atoms with Crippen LogP contribution in [0.5, 0.6) is 17.2 Å². The molecule has 1 amide bonds. The Bertz CT molecular complexity index is 1010. The maximum Gasteiger partial charge on any atom is 0.257 e. The summed E-state index contributed by atoms with van der Waals surface area (Å²) in [7, 11) is 0. The lowest BCUT2D eigenvalue weighted by atomic mass is 10.2. The summed E-state index contributed by atoms with van der Waals surface area (Å²) < 4.78 is 16.6. The van der Waals surface area contributed by atoms with Crippen molar-refractivity contribution < 1.29 is 19.0 Å². The number of amides is 1. The molecule has 0 unspecified atom stereocenters. The molecule has 0 radical (unpaired) electrons. The Kier molecular flexibility index (Phi) is 5.47. The van der Waals surface area contributed by atoms with Gasteiger partial charge in [-0.05, 0) is 43.3 Å². The number of para-hydroxylation sites is 2. The number of anilines is 3. The van der Waals surface area contributed by atoms with E-state index in [-0.39, 0.29) is 5.91 Å². The number of hydrogen-bond donors (Lipinski definition) is 2. The number of aromatic nitrogens is 1. The summed E-state index contributed by atoms with van der Waals surface area (Å²) in [4.78, 5) is 16.9. The predicted octanol–water partition coefficient (Wildman–Crippen LogP) is 4.25. The summed E-state index contributed by atoms with van der Waals surface area (Å²) in [6, 6.07) is 16.4. The average Bonchev–Trinajstić information content (AvgIpc) is 2.76.